The van der Waals surface area contributed by atoms with E-state index < -0.39 is 6.10 Å². The Balaban J connectivity index is 1.62. The van der Waals surface area contributed by atoms with Gasteiger partial charge in [0.25, 0.3) is 5.91 Å². The SMILES string of the molecule is Cc1cccc(OC(C)C(=O)N(C)Cc2nc(-c3cccc(C)c3)no2)c1. The van der Waals surface area contributed by atoms with Crippen LogP contribution in [0.1, 0.15) is 23.9 Å². The van der Waals surface area contributed by atoms with Crippen LogP contribution in [-0.2, 0) is 11.3 Å². The van der Waals surface area contributed by atoms with E-state index in [0.717, 1.165) is 16.7 Å². The highest BCUT2D eigenvalue weighted by Crippen LogP contribution is 2.18. The molecule has 140 valence electrons. The van der Waals surface area contributed by atoms with Gasteiger partial charge < -0.3 is 14.2 Å². The first-order chi connectivity index (χ1) is 12.9. The molecule has 0 saturated carbocycles. The van der Waals surface area contributed by atoms with Gasteiger partial charge in [-0.05, 0) is 44.5 Å². The number of ether oxygens (including phenoxy) is 1. The molecule has 6 nitrogen and oxygen atoms in total. The number of aromatic nitrogens is 2. The van der Waals surface area contributed by atoms with Crippen LogP contribution in [0.25, 0.3) is 11.4 Å². The number of carbonyl (C=O) groups is 1. The summed E-state index contributed by atoms with van der Waals surface area (Å²) < 4.78 is 11.0. The smallest absolute Gasteiger partial charge is 0.263 e. The number of hydrogen-bond donors (Lipinski definition) is 0. The van der Waals surface area contributed by atoms with Gasteiger partial charge in [0.15, 0.2) is 6.10 Å². The van der Waals surface area contributed by atoms with Gasteiger partial charge in [-0.3, -0.25) is 4.79 Å². The Bertz CT molecular complexity index is 936. The number of aryl methyl sites for hydroxylation is 2. The molecule has 0 aliphatic rings. The molecule has 0 spiro atoms. The Labute approximate surface area is 158 Å². The van der Waals surface area contributed by atoms with Crippen molar-refractivity contribution in [3.05, 3.63) is 65.5 Å². The van der Waals surface area contributed by atoms with Crippen molar-refractivity contribution in [2.75, 3.05) is 7.05 Å². The first-order valence-electron chi connectivity index (χ1n) is 8.80. The minimum Gasteiger partial charge on any atom is -0.481 e. The van der Waals surface area contributed by atoms with Crippen LogP contribution in [0.2, 0.25) is 0 Å². The van der Waals surface area contributed by atoms with Gasteiger partial charge in [-0.1, -0.05) is 41.1 Å². The number of benzene rings is 2. The van der Waals surface area contributed by atoms with E-state index in [0.29, 0.717) is 17.5 Å². The van der Waals surface area contributed by atoms with Gasteiger partial charge in [-0.15, -0.1) is 0 Å². The molecular formula is C21H23N3O3. The number of carbonyl (C=O) groups excluding carboxylic acids is 1. The first kappa shape index (κ1) is 18.6. The van der Waals surface area contributed by atoms with E-state index >= 15 is 0 Å². The molecule has 0 bridgehead atoms. The summed E-state index contributed by atoms with van der Waals surface area (Å²) in [4.78, 5) is 18.5. The summed E-state index contributed by atoms with van der Waals surface area (Å²) in [7, 11) is 1.69. The summed E-state index contributed by atoms with van der Waals surface area (Å²) in [5.74, 6) is 1.40. The third-order valence-corrected chi connectivity index (χ3v) is 4.14. The second-order valence-corrected chi connectivity index (χ2v) is 6.65. The van der Waals surface area contributed by atoms with Crippen LogP contribution in [0.3, 0.4) is 0 Å². The highest BCUT2D eigenvalue weighted by Gasteiger charge is 2.21. The van der Waals surface area contributed by atoms with Crippen molar-refractivity contribution < 1.29 is 14.1 Å². The zero-order valence-corrected chi connectivity index (χ0v) is 16.0. The molecule has 1 unspecified atom stereocenters. The molecule has 0 aliphatic heterocycles. The predicted molar refractivity (Wildman–Crippen MR) is 102 cm³/mol. The molecule has 0 N–H and O–H groups in total. The highest BCUT2D eigenvalue weighted by molar-refractivity contribution is 5.80. The van der Waals surface area contributed by atoms with E-state index in [2.05, 4.69) is 10.1 Å². The molecule has 2 aromatic carbocycles. The Hall–Kier alpha value is -3.15. The summed E-state index contributed by atoms with van der Waals surface area (Å²) >= 11 is 0. The molecule has 0 aliphatic carbocycles. The van der Waals surface area contributed by atoms with Crippen LogP contribution in [0.4, 0.5) is 0 Å². The second-order valence-electron chi connectivity index (χ2n) is 6.65. The average molecular weight is 365 g/mol. The molecule has 0 radical (unpaired) electrons. The maximum atomic E-state index is 12.6. The number of rotatable bonds is 6. The van der Waals surface area contributed by atoms with Crippen molar-refractivity contribution in [3.8, 4) is 17.1 Å². The monoisotopic (exact) mass is 365 g/mol. The first-order valence-corrected chi connectivity index (χ1v) is 8.80. The van der Waals surface area contributed by atoms with E-state index in [4.69, 9.17) is 9.26 Å². The quantitative estimate of drug-likeness (QED) is 0.665. The lowest BCUT2D eigenvalue weighted by Crippen LogP contribution is -2.37. The molecule has 1 atom stereocenters. The van der Waals surface area contributed by atoms with Gasteiger partial charge in [0.2, 0.25) is 11.7 Å². The van der Waals surface area contributed by atoms with Crippen molar-refractivity contribution in [2.45, 2.75) is 33.4 Å². The third kappa shape index (κ3) is 4.73. The van der Waals surface area contributed by atoms with Crippen molar-refractivity contribution >= 4 is 5.91 Å². The van der Waals surface area contributed by atoms with E-state index in [1.807, 2.05) is 62.4 Å². The second kappa shape index (κ2) is 8.03. The lowest BCUT2D eigenvalue weighted by molar-refractivity contribution is -0.137. The van der Waals surface area contributed by atoms with Crippen molar-refractivity contribution in [3.63, 3.8) is 0 Å². The molecule has 1 amide bonds. The zero-order chi connectivity index (χ0) is 19.4. The van der Waals surface area contributed by atoms with E-state index in [-0.39, 0.29) is 12.5 Å². The fourth-order valence-electron chi connectivity index (χ4n) is 2.75. The minimum absolute atomic E-state index is 0.160. The topological polar surface area (TPSA) is 68.5 Å². The Kier molecular flexibility index (Phi) is 5.54. The molecule has 0 saturated heterocycles. The van der Waals surface area contributed by atoms with E-state index in [9.17, 15) is 4.79 Å². The van der Waals surface area contributed by atoms with Crippen molar-refractivity contribution in [1.82, 2.24) is 15.0 Å². The fraction of sp³-hybridized carbons (Fsp3) is 0.286. The Morgan fingerprint density at radius 1 is 1.15 bits per heavy atom. The van der Waals surface area contributed by atoms with Crippen LogP contribution >= 0.6 is 0 Å². The molecule has 6 heteroatoms. The van der Waals surface area contributed by atoms with Crippen LogP contribution in [0.15, 0.2) is 53.1 Å². The molecule has 1 heterocycles. The van der Waals surface area contributed by atoms with Crippen LogP contribution < -0.4 is 4.74 Å². The summed E-state index contributed by atoms with van der Waals surface area (Å²) in [5, 5.41) is 4.01. The maximum absolute atomic E-state index is 12.6. The minimum atomic E-state index is -0.615. The molecular weight excluding hydrogens is 342 g/mol. The van der Waals surface area contributed by atoms with Gasteiger partial charge in [0.05, 0.1) is 6.54 Å². The molecule has 1 aromatic heterocycles. The van der Waals surface area contributed by atoms with E-state index in [1.165, 1.54) is 4.90 Å². The van der Waals surface area contributed by atoms with Crippen LogP contribution in [0, 0.1) is 13.8 Å². The van der Waals surface area contributed by atoms with Crippen molar-refractivity contribution in [2.24, 2.45) is 0 Å². The molecule has 3 rings (SSSR count). The predicted octanol–water partition coefficient (Wildman–Crippen LogP) is 3.78. The standard InChI is InChI=1S/C21H23N3O3/c1-14-7-5-9-17(11-14)20-22-19(27-23-20)13-24(4)21(25)16(3)26-18-10-6-8-15(2)12-18/h5-12,16H,13H2,1-4H3. The fourth-order valence-corrected chi connectivity index (χ4v) is 2.75. The largest absolute Gasteiger partial charge is 0.481 e. The highest BCUT2D eigenvalue weighted by atomic mass is 16.5. The summed E-state index contributed by atoms with van der Waals surface area (Å²) in [6.07, 6.45) is -0.615. The van der Waals surface area contributed by atoms with Crippen LogP contribution in [0.5, 0.6) is 5.75 Å². The summed E-state index contributed by atoms with van der Waals surface area (Å²) in [6.45, 7) is 5.94. The Morgan fingerprint density at radius 2 is 1.85 bits per heavy atom. The number of hydrogen-bond acceptors (Lipinski definition) is 5. The third-order valence-electron chi connectivity index (χ3n) is 4.14. The van der Waals surface area contributed by atoms with Crippen LogP contribution in [-0.4, -0.2) is 34.1 Å². The summed E-state index contributed by atoms with van der Waals surface area (Å²) in [5.41, 5.74) is 3.08. The molecule has 0 fully saturated rings. The zero-order valence-electron chi connectivity index (χ0n) is 16.0. The van der Waals surface area contributed by atoms with Gasteiger partial charge in [-0.25, -0.2) is 0 Å². The van der Waals surface area contributed by atoms with Gasteiger partial charge in [0.1, 0.15) is 5.75 Å². The van der Waals surface area contributed by atoms with Gasteiger partial charge >= 0.3 is 0 Å². The molecule has 3 aromatic rings. The number of nitrogens with zero attached hydrogens (tertiary/aromatic N) is 3. The maximum Gasteiger partial charge on any atom is 0.263 e. The van der Waals surface area contributed by atoms with Gasteiger partial charge in [0, 0.05) is 12.6 Å². The summed E-state index contributed by atoms with van der Waals surface area (Å²) in [6, 6.07) is 15.5. The van der Waals surface area contributed by atoms with Gasteiger partial charge in [-0.2, -0.15) is 4.98 Å². The number of likely N-dealkylation sites (N-methyl/N-ethyl adjacent to an activating group) is 1. The van der Waals surface area contributed by atoms with E-state index in [1.54, 1.807) is 14.0 Å². The Morgan fingerprint density at radius 3 is 2.56 bits per heavy atom. The van der Waals surface area contributed by atoms with Crippen molar-refractivity contribution in [1.29, 1.82) is 0 Å². The average Bonchev–Trinajstić information content (AvgIpc) is 3.09. The lowest BCUT2D eigenvalue weighted by Gasteiger charge is -2.20. The lowest BCUT2D eigenvalue weighted by atomic mass is 10.1. The normalized spacial score (nSPS) is 11.9. The number of amides is 1. The molecule has 27 heavy (non-hydrogen) atoms.